The fraction of sp³-hybridized carbons (Fsp3) is 0.133. The highest BCUT2D eigenvalue weighted by Gasteiger charge is 2.28. The van der Waals surface area contributed by atoms with Crippen LogP contribution in [0, 0.1) is 4.91 Å². The Bertz CT molecular complexity index is 765. The van der Waals surface area contributed by atoms with Gasteiger partial charge in [-0.15, -0.1) is 4.91 Å². The third kappa shape index (κ3) is 3.46. The van der Waals surface area contributed by atoms with Gasteiger partial charge in [0, 0.05) is 35.7 Å². The summed E-state index contributed by atoms with van der Waals surface area (Å²) in [5.41, 5.74) is -0.124. The first kappa shape index (κ1) is 16.9. The third-order valence-electron chi connectivity index (χ3n) is 3.14. The van der Waals surface area contributed by atoms with Gasteiger partial charge in [0.25, 0.3) is 11.8 Å². The van der Waals surface area contributed by atoms with E-state index in [4.69, 9.17) is 0 Å². The van der Waals surface area contributed by atoms with Gasteiger partial charge in [-0.3, -0.25) is 19.2 Å². The number of carbonyl (C=O) groups is 5. The molecular formula is C15H11N3O6. The predicted molar refractivity (Wildman–Crippen MR) is 82.1 cm³/mol. The number of nitrogens with zero attached hydrogens (tertiary/aromatic N) is 2. The second-order valence-corrected chi connectivity index (χ2v) is 4.73. The van der Waals surface area contributed by atoms with Gasteiger partial charge in [-0.1, -0.05) is 0 Å². The van der Waals surface area contributed by atoms with E-state index in [0.717, 1.165) is 23.1 Å². The SMILES string of the molecule is O=CCCC(=O)Nc1ccc(C(=O)N=O)cc1N1C(=O)C=CC1=O. The number of hydrogen-bond donors (Lipinski definition) is 1. The van der Waals surface area contributed by atoms with E-state index in [9.17, 15) is 28.9 Å². The summed E-state index contributed by atoms with van der Waals surface area (Å²) in [5.74, 6) is -2.91. The van der Waals surface area contributed by atoms with Crippen LogP contribution < -0.4 is 10.2 Å². The number of amides is 4. The normalized spacial score (nSPS) is 13.1. The molecule has 0 saturated carbocycles. The Morgan fingerprint density at radius 1 is 1.17 bits per heavy atom. The average Bonchev–Trinajstić information content (AvgIpc) is 2.91. The lowest BCUT2D eigenvalue weighted by atomic mass is 10.1. The van der Waals surface area contributed by atoms with Gasteiger partial charge in [0.15, 0.2) is 0 Å². The molecule has 0 atom stereocenters. The maximum absolute atomic E-state index is 11.8. The van der Waals surface area contributed by atoms with Crippen molar-refractivity contribution in [1.82, 2.24) is 0 Å². The van der Waals surface area contributed by atoms with Crippen molar-refractivity contribution >= 4 is 41.3 Å². The molecule has 4 amide bonds. The molecule has 0 aliphatic carbocycles. The molecule has 24 heavy (non-hydrogen) atoms. The number of nitroso groups, excluding NO2 is 1. The summed E-state index contributed by atoms with van der Waals surface area (Å²) in [5, 5.41) is 4.73. The van der Waals surface area contributed by atoms with Crippen LogP contribution >= 0.6 is 0 Å². The smallest absolute Gasteiger partial charge is 0.316 e. The summed E-state index contributed by atoms with van der Waals surface area (Å²) in [6.07, 6.45) is 2.57. The van der Waals surface area contributed by atoms with Crippen LogP contribution in [-0.4, -0.2) is 29.9 Å². The van der Waals surface area contributed by atoms with Gasteiger partial charge in [0.2, 0.25) is 5.91 Å². The van der Waals surface area contributed by atoms with Gasteiger partial charge in [-0.25, -0.2) is 4.90 Å². The highest BCUT2D eigenvalue weighted by Crippen LogP contribution is 2.30. The van der Waals surface area contributed by atoms with E-state index in [2.05, 4.69) is 10.5 Å². The number of imide groups is 1. The first-order valence-electron chi connectivity index (χ1n) is 6.79. The zero-order chi connectivity index (χ0) is 17.7. The Morgan fingerprint density at radius 3 is 2.42 bits per heavy atom. The maximum Gasteiger partial charge on any atom is 0.316 e. The van der Waals surface area contributed by atoms with Crippen LogP contribution in [0.5, 0.6) is 0 Å². The maximum atomic E-state index is 11.8. The fourth-order valence-corrected chi connectivity index (χ4v) is 2.05. The Morgan fingerprint density at radius 2 is 1.83 bits per heavy atom. The lowest BCUT2D eigenvalue weighted by Crippen LogP contribution is -2.31. The van der Waals surface area contributed by atoms with E-state index in [1.165, 1.54) is 12.1 Å². The van der Waals surface area contributed by atoms with E-state index >= 15 is 0 Å². The molecular weight excluding hydrogens is 318 g/mol. The number of rotatable bonds is 6. The largest absolute Gasteiger partial charge is 0.324 e. The quantitative estimate of drug-likeness (QED) is 0.469. The van der Waals surface area contributed by atoms with Crippen molar-refractivity contribution in [3.63, 3.8) is 0 Å². The highest BCUT2D eigenvalue weighted by molar-refractivity contribution is 6.29. The van der Waals surface area contributed by atoms with Gasteiger partial charge in [-0.2, -0.15) is 0 Å². The van der Waals surface area contributed by atoms with E-state index in [1.807, 2.05) is 0 Å². The second-order valence-electron chi connectivity index (χ2n) is 4.73. The van der Waals surface area contributed by atoms with E-state index in [1.54, 1.807) is 0 Å². The molecule has 0 spiro atoms. The number of benzene rings is 1. The minimum atomic E-state index is -1.08. The summed E-state index contributed by atoms with van der Waals surface area (Å²) in [4.78, 5) is 68.3. The molecule has 0 bridgehead atoms. The molecule has 0 radical (unpaired) electrons. The van der Waals surface area contributed by atoms with Crippen molar-refractivity contribution in [2.75, 3.05) is 10.2 Å². The monoisotopic (exact) mass is 329 g/mol. The number of aldehydes is 1. The van der Waals surface area contributed by atoms with Crippen LogP contribution in [0.4, 0.5) is 11.4 Å². The summed E-state index contributed by atoms with van der Waals surface area (Å²) in [7, 11) is 0. The second kappa shape index (κ2) is 7.18. The number of nitrogens with one attached hydrogen (secondary N) is 1. The lowest BCUT2D eigenvalue weighted by molar-refractivity contribution is -0.120. The summed E-state index contributed by atoms with van der Waals surface area (Å²) in [6, 6.07) is 3.61. The van der Waals surface area contributed by atoms with Crippen molar-refractivity contribution in [3.05, 3.63) is 40.8 Å². The molecule has 1 aliphatic heterocycles. The molecule has 9 nitrogen and oxygen atoms in total. The van der Waals surface area contributed by atoms with Gasteiger partial charge < -0.3 is 10.1 Å². The number of hydrogen-bond acceptors (Lipinski definition) is 6. The molecule has 0 unspecified atom stereocenters. The molecule has 2 rings (SSSR count). The van der Waals surface area contributed by atoms with E-state index in [0.29, 0.717) is 6.29 Å². The van der Waals surface area contributed by atoms with Crippen LogP contribution in [0.1, 0.15) is 23.2 Å². The van der Waals surface area contributed by atoms with Gasteiger partial charge in [-0.05, 0) is 18.2 Å². The van der Waals surface area contributed by atoms with Crippen LogP contribution in [0.3, 0.4) is 0 Å². The van der Waals surface area contributed by atoms with Crippen molar-refractivity contribution in [3.8, 4) is 0 Å². The van der Waals surface area contributed by atoms with Crippen molar-refractivity contribution in [2.45, 2.75) is 12.8 Å². The minimum absolute atomic E-state index is 0.00985. The van der Waals surface area contributed by atoms with E-state index < -0.39 is 23.6 Å². The molecule has 1 aromatic rings. The van der Waals surface area contributed by atoms with Crippen LogP contribution in [-0.2, 0) is 19.2 Å². The first-order valence-corrected chi connectivity index (χ1v) is 6.79. The van der Waals surface area contributed by atoms with Crippen molar-refractivity contribution in [2.24, 2.45) is 5.18 Å². The van der Waals surface area contributed by atoms with Gasteiger partial charge in [0.1, 0.15) is 6.29 Å². The summed E-state index contributed by atoms with van der Waals surface area (Å²) >= 11 is 0. The molecule has 122 valence electrons. The lowest BCUT2D eigenvalue weighted by Gasteiger charge is -2.19. The molecule has 0 aromatic heterocycles. The minimum Gasteiger partial charge on any atom is -0.324 e. The van der Waals surface area contributed by atoms with Gasteiger partial charge >= 0.3 is 5.91 Å². The molecule has 1 aromatic carbocycles. The third-order valence-corrected chi connectivity index (χ3v) is 3.14. The predicted octanol–water partition coefficient (Wildman–Crippen LogP) is 0.940. The number of anilines is 2. The van der Waals surface area contributed by atoms with Crippen LogP contribution in [0.25, 0.3) is 0 Å². The summed E-state index contributed by atoms with van der Waals surface area (Å²) < 4.78 is 0. The molecule has 0 fully saturated rings. The van der Waals surface area contributed by atoms with Crippen molar-refractivity contribution in [1.29, 1.82) is 0 Å². The highest BCUT2D eigenvalue weighted by atomic mass is 16.3. The Kier molecular flexibility index (Phi) is 5.05. The van der Waals surface area contributed by atoms with Crippen LogP contribution in [0.15, 0.2) is 35.5 Å². The zero-order valence-electron chi connectivity index (χ0n) is 12.2. The molecule has 0 saturated heterocycles. The molecule has 9 heteroatoms. The standard InChI is InChI=1S/C15H11N3O6/c19-7-1-2-12(20)16-10-4-3-9(15(23)17-24)8-11(10)18-13(21)5-6-14(18)22/h3-8H,1-2H2,(H,16,20). The number of carbonyl (C=O) groups excluding carboxylic acids is 5. The molecule has 1 aliphatic rings. The fourth-order valence-electron chi connectivity index (χ4n) is 2.05. The topological polar surface area (TPSA) is 130 Å². The van der Waals surface area contributed by atoms with Gasteiger partial charge in [0.05, 0.1) is 11.4 Å². The van der Waals surface area contributed by atoms with E-state index in [-0.39, 0.29) is 29.8 Å². The van der Waals surface area contributed by atoms with Crippen LogP contribution in [0.2, 0.25) is 0 Å². The first-order chi connectivity index (χ1) is 11.5. The summed E-state index contributed by atoms with van der Waals surface area (Å²) in [6.45, 7) is 0. The zero-order valence-corrected chi connectivity index (χ0v) is 12.2. The Labute approximate surface area is 135 Å². The molecule has 1 heterocycles. The Hall–Kier alpha value is -3.49. The Balaban J connectivity index is 2.42. The average molecular weight is 329 g/mol. The van der Waals surface area contributed by atoms with Crippen molar-refractivity contribution < 1.29 is 24.0 Å². The molecule has 1 N–H and O–H groups in total.